The first kappa shape index (κ1) is 13.1. The number of aryl methyl sites for hydroxylation is 1. The van der Waals surface area contributed by atoms with Crippen molar-refractivity contribution in [2.45, 2.75) is 26.7 Å². The van der Waals surface area contributed by atoms with E-state index in [0.717, 1.165) is 16.7 Å². The molecule has 0 saturated carbocycles. The minimum atomic E-state index is -0.337. The summed E-state index contributed by atoms with van der Waals surface area (Å²) >= 11 is 0. The molecule has 2 aromatic rings. The van der Waals surface area contributed by atoms with Gasteiger partial charge in [-0.15, -0.1) is 0 Å². The highest BCUT2D eigenvalue weighted by molar-refractivity contribution is 5.73. The molecule has 0 aliphatic rings. The standard InChI is InChI=1S/C16H16N2O/c1-10(2)12-4-6-13(7-5-12)15-11(3)9-18-16(19)14(15)8-17/h4-7,9-10H,1-3H3,(H,18,19). The fraction of sp³-hybridized carbons (Fsp3) is 0.250. The lowest BCUT2D eigenvalue weighted by molar-refractivity contribution is 0.867. The lowest BCUT2D eigenvalue weighted by Crippen LogP contribution is -2.12. The van der Waals surface area contributed by atoms with Gasteiger partial charge in [-0.3, -0.25) is 4.79 Å². The summed E-state index contributed by atoms with van der Waals surface area (Å²) < 4.78 is 0. The highest BCUT2D eigenvalue weighted by atomic mass is 16.1. The number of pyridine rings is 1. The molecule has 3 nitrogen and oxygen atoms in total. The summed E-state index contributed by atoms with van der Waals surface area (Å²) in [6, 6.07) is 10.0. The molecule has 2 rings (SSSR count). The predicted octanol–water partition coefficient (Wildman–Crippen LogP) is 3.35. The minimum Gasteiger partial charge on any atom is -0.328 e. The fourth-order valence-corrected chi connectivity index (χ4v) is 2.14. The van der Waals surface area contributed by atoms with Crippen molar-refractivity contribution in [3.63, 3.8) is 0 Å². The number of aromatic amines is 1. The van der Waals surface area contributed by atoms with E-state index in [4.69, 9.17) is 5.26 Å². The van der Waals surface area contributed by atoms with E-state index in [9.17, 15) is 4.79 Å². The third kappa shape index (κ3) is 2.43. The Kier molecular flexibility index (Phi) is 3.52. The maximum absolute atomic E-state index is 11.7. The molecule has 0 aliphatic carbocycles. The van der Waals surface area contributed by atoms with Crippen LogP contribution in [0, 0.1) is 18.3 Å². The second-order valence-corrected chi connectivity index (χ2v) is 4.94. The summed E-state index contributed by atoms with van der Waals surface area (Å²) in [6.07, 6.45) is 1.65. The zero-order valence-corrected chi connectivity index (χ0v) is 11.3. The Labute approximate surface area is 112 Å². The molecule has 0 amide bonds. The Hall–Kier alpha value is -2.34. The van der Waals surface area contributed by atoms with E-state index in [1.165, 1.54) is 5.56 Å². The molecule has 0 atom stereocenters. The summed E-state index contributed by atoms with van der Waals surface area (Å²) in [4.78, 5) is 14.3. The molecule has 3 heteroatoms. The SMILES string of the molecule is Cc1c[nH]c(=O)c(C#N)c1-c1ccc(C(C)C)cc1. The van der Waals surface area contributed by atoms with E-state index in [-0.39, 0.29) is 11.1 Å². The van der Waals surface area contributed by atoms with Gasteiger partial charge in [-0.05, 0) is 29.5 Å². The molecule has 0 fully saturated rings. The smallest absolute Gasteiger partial charge is 0.266 e. The first-order valence-corrected chi connectivity index (χ1v) is 6.27. The van der Waals surface area contributed by atoms with Crippen molar-refractivity contribution in [3.05, 3.63) is 57.5 Å². The molecular formula is C16H16N2O. The van der Waals surface area contributed by atoms with Crippen LogP contribution in [-0.2, 0) is 0 Å². The van der Waals surface area contributed by atoms with Crippen LogP contribution in [0.25, 0.3) is 11.1 Å². The number of nitrogens with one attached hydrogen (secondary N) is 1. The zero-order valence-electron chi connectivity index (χ0n) is 11.3. The van der Waals surface area contributed by atoms with Crippen molar-refractivity contribution in [3.8, 4) is 17.2 Å². The molecule has 96 valence electrons. The Morgan fingerprint density at radius 1 is 1.21 bits per heavy atom. The van der Waals surface area contributed by atoms with Gasteiger partial charge in [0.05, 0.1) is 0 Å². The van der Waals surface area contributed by atoms with Gasteiger partial charge in [0.25, 0.3) is 5.56 Å². The van der Waals surface area contributed by atoms with Gasteiger partial charge in [0.15, 0.2) is 0 Å². The Balaban J connectivity index is 2.63. The summed E-state index contributed by atoms with van der Waals surface area (Å²) in [6.45, 7) is 6.16. The minimum absolute atomic E-state index is 0.178. The normalized spacial score (nSPS) is 10.5. The summed E-state index contributed by atoms with van der Waals surface area (Å²) in [5, 5.41) is 9.16. The first-order chi connectivity index (χ1) is 9.04. The number of aromatic nitrogens is 1. The van der Waals surface area contributed by atoms with Gasteiger partial charge in [-0.1, -0.05) is 38.1 Å². The Bertz CT molecular complexity index is 688. The highest BCUT2D eigenvalue weighted by Gasteiger charge is 2.12. The Morgan fingerprint density at radius 2 is 1.84 bits per heavy atom. The number of hydrogen-bond acceptors (Lipinski definition) is 2. The second-order valence-electron chi connectivity index (χ2n) is 4.94. The van der Waals surface area contributed by atoms with Crippen LogP contribution in [0.5, 0.6) is 0 Å². The van der Waals surface area contributed by atoms with E-state index in [1.807, 2.05) is 37.3 Å². The van der Waals surface area contributed by atoms with Crippen molar-refractivity contribution < 1.29 is 0 Å². The molecule has 0 spiro atoms. The van der Waals surface area contributed by atoms with Crippen molar-refractivity contribution in [1.82, 2.24) is 4.98 Å². The highest BCUT2D eigenvalue weighted by Crippen LogP contribution is 2.26. The van der Waals surface area contributed by atoms with Gasteiger partial charge in [-0.25, -0.2) is 0 Å². The molecule has 0 saturated heterocycles. The van der Waals surface area contributed by atoms with Gasteiger partial charge in [0, 0.05) is 11.8 Å². The molecule has 0 bridgehead atoms. The van der Waals surface area contributed by atoms with Crippen molar-refractivity contribution >= 4 is 0 Å². The van der Waals surface area contributed by atoms with E-state index in [0.29, 0.717) is 5.92 Å². The average molecular weight is 252 g/mol. The van der Waals surface area contributed by atoms with E-state index in [2.05, 4.69) is 18.8 Å². The third-order valence-electron chi connectivity index (χ3n) is 3.27. The van der Waals surface area contributed by atoms with Crippen LogP contribution in [0.15, 0.2) is 35.3 Å². The van der Waals surface area contributed by atoms with Crippen LogP contribution in [0.4, 0.5) is 0 Å². The number of benzene rings is 1. The van der Waals surface area contributed by atoms with Crippen molar-refractivity contribution in [2.24, 2.45) is 0 Å². The van der Waals surface area contributed by atoms with Crippen LogP contribution in [0.2, 0.25) is 0 Å². The first-order valence-electron chi connectivity index (χ1n) is 6.27. The number of rotatable bonds is 2. The lowest BCUT2D eigenvalue weighted by atomic mass is 9.95. The van der Waals surface area contributed by atoms with Gasteiger partial charge in [0.1, 0.15) is 11.6 Å². The number of hydrogen-bond donors (Lipinski definition) is 1. The molecule has 1 N–H and O–H groups in total. The quantitative estimate of drug-likeness (QED) is 0.891. The molecule has 1 aromatic carbocycles. The average Bonchev–Trinajstić information content (AvgIpc) is 2.41. The monoisotopic (exact) mass is 252 g/mol. The summed E-state index contributed by atoms with van der Waals surface area (Å²) in [5.41, 5.74) is 3.61. The molecule has 19 heavy (non-hydrogen) atoms. The summed E-state index contributed by atoms with van der Waals surface area (Å²) in [7, 11) is 0. The Morgan fingerprint density at radius 3 is 2.37 bits per heavy atom. The predicted molar refractivity (Wildman–Crippen MR) is 76.0 cm³/mol. The van der Waals surface area contributed by atoms with Gasteiger partial charge in [0.2, 0.25) is 0 Å². The van der Waals surface area contributed by atoms with E-state index in [1.54, 1.807) is 6.20 Å². The van der Waals surface area contributed by atoms with Gasteiger partial charge < -0.3 is 4.98 Å². The molecule has 1 aromatic heterocycles. The maximum atomic E-state index is 11.7. The second kappa shape index (κ2) is 5.11. The largest absolute Gasteiger partial charge is 0.328 e. The number of nitrogens with zero attached hydrogens (tertiary/aromatic N) is 1. The van der Waals surface area contributed by atoms with E-state index >= 15 is 0 Å². The lowest BCUT2D eigenvalue weighted by Gasteiger charge is -2.10. The molecular weight excluding hydrogens is 236 g/mol. The van der Waals surface area contributed by atoms with Gasteiger partial charge in [-0.2, -0.15) is 5.26 Å². The van der Waals surface area contributed by atoms with Crippen molar-refractivity contribution in [1.29, 1.82) is 5.26 Å². The van der Waals surface area contributed by atoms with Crippen LogP contribution in [-0.4, -0.2) is 4.98 Å². The molecule has 0 aliphatic heterocycles. The molecule has 1 heterocycles. The number of H-pyrrole nitrogens is 1. The van der Waals surface area contributed by atoms with Crippen LogP contribution in [0.3, 0.4) is 0 Å². The number of nitriles is 1. The van der Waals surface area contributed by atoms with Gasteiger partial charge >= 0.3 is 0 Å². The third-order valence-corrected chi connectivity index (χ3v) is 3.27. The topological polar surface area (TPSA) is 56.6 Å². The van der Waals surface area contributed by atoms with Crippen LogP contribution >= 0.6 is 0 Å². The molecule has 0 unspecified atom stereocenters. The molecule has 0 radical (unpaired) electrons. The summed E-state index contributed by atoms with van der Waals surface area (Å²) in [5.74, 6) is 0.463. The van der Waals surface area contributed by atoms with E-state index < -0.39 is 0 Å². The maximum Gasteiger partial charge on any atom is 0.266 e. The van der Waals surface area contributed by atoms with Crippen molar-refractivity contribution in [2.75, 3.05) is 0 Å². The van der Waals surface area contributed by atoms with Crippen LogP contribution in [0.1, 0.15) is 36.5 Å². The van der Waals surface area contributed by atoms with Crippen LogP contribution < -0.4 is 5.56 Å². The zero-order chi connectivity index (χ0) is 14.0. The fourth-order valence-electron chi connectivity index (χ4n) is 2.14.